The normalized spacial score (nSPS) is 11.3. The number of nitriles is 1. The molecule has 0 aromatic heterocycles. The van der Waals surface area contributed by atoms with Crippen LogP contribution >= 0.6 is 0 Å². The molecular weight excluding hydrogens is 466 g/mol. The standard InChI is InChI=1S/C30H35NO4Si/c1-20(2)36(21(3)4,19-23-8-10-24(11-9-23)22(5)32)35-27-14-12-25(13-15-27)28-17-30(34-7)29(33-6)16-26(28)18-31/h8-17,20-21H,19H2,1-7H3. The van der Waals surface area contributed by atoms with E-state index in [2.05, 4.69) is 45.9 Å². The number of methoxy groups -OCH3 is 2. The van der Waals surface area contributed by atoms with Crippen LogP contribution in [0.5, 0.6) is 17.2 Å². The quantitative estimate of drug-likeness (QED) is 0.214. The Bertz CT molecular complexity index is 1230. The van der Waals surface area contributed by atoms with Crippen molar-refractivity contribution in [3.8, 4) is 34.4 Å². The third-order valence-electron chi connectivity index (χ3n) is 6.91. The number of benzene rings is 3. The topological polar surface area (TPSA) is 68.5 Å². The third kappa shape index (κ3) is 5.63. The molecule has 0 aliphatic carbocycles. The Hall–Kier alpha value is -3.56. The van der Waals surface area contributed by atoms with Crippen molar-refractivity contribution in [2.75, 3.05) is 14.2 Å². The number of carbonyl (C=O) groups excluding carboxylic acids is 1. The predicted molar refractivity (Wildman–Crippen MR) is 146 cm³/mol. The number of hydrogen-bond acceptors (Lipinski definition) is 5. The zero-order valence-corrected chi connectivity index (χ0v) is 23.2. The summed E-state index contributed by atoms with van der Waals surface area (Å²) in [5.41, 5.74) is 4.87. The minimum Gasteiger partial charge on any atom is -0.543 e. The lowest BCUT2D eigenvalue weighted by Gasteiger charge is -2.39. The van der Waals surface area contributed by atoms with E-state index in [1.807, 2.05) is 42.5 Å². The molecule has 0 aliphatic rings. The van der Waals surface area contributed by atoms with Crippen LogP contribution in [0.2, 0.25) is 11.1 Å². The molecule has 0 bridgehead atoms. The van der Waals surface area contributed by atoms with Gasteiger partial charge in [-0.05, 0) is 47.3 Å². The maximum atomic E-state index is 11.7. The van der Waals surface area contributed by atoms with Gasteiger partial charge in [0.25, 0.3) is 8.32 Å². The van der Waals surface area contributed by atoms with E-state index in [1.54, 1.807) is 27.2 Å². The van der Waals surface area contributed by atoms with Gasteiger partial charge in [-0.2, -0.15) is 5.26 Å². The molecule has 3 rings (SSSR count). The van der Waals surface area contributed by atoms with Gasteiger partial charge in [-0.25, -0.2) is 0 Å². The Morgan fingerprint density at radius 1 is 0.889 bits per heavy atom. The summed E-state index contributed by atoms with van der Waals surface area (Å²) in [6.45, 7) is 10.6. The van der Waals surface area contributed by atoms with E-state index in [4.69, 9.17) is 13.9 Å². The second kappa shape index (κ2) is 11.4. The number of carbonyl (C=O) groups is 1. The van der Waals surface area contributed by atoms with Crippen LogP contribution in [0.3, 0.4) is 0 Å². The number of ketones is 1. The highest BCUT2D eigenvalue weighted by molar-refractivity contribution is 6.76. The van der Waals surface area contributed by atoms with Gasteiger partial charge >= 0.3 is 0 Å². The number of Topliss-reactive ketones (excluding diaryl/α,β-unsaturated/α-hetero) is 1. The molecule has 0 saturated heterocycles. The molecule has 0 saturated carbocycles. The number of hydrogen-bond donors (Lipinski definition) is 0. The van der Waals surface area contributed by atoms with E-state index in [1.165, 1.54) is 5.56 Å². The van der Waals surface area contributed by atoms with Crippen LogP contribution in [-0.4, -0.2) is 28.3 Å². The largest absolute Gasteiger partial charge is 0.543 e. The van der Waals surface area contributed by atoms with Gasteiger partial charge in [-0.1, -0.05) is 64.1 Å². The van der Waals surface area contributed by atoms with Crippen LogP contribution < -0.4 is 13.9 Å². The molecule has 0 unspecified atom stereocenters. The Kier molecular flexibility index (Phi) is 8.60. The van der Waals surface area contributed by atoms with Gasteiger partial charge in [0.2, 0.25) is 0 Å². The zero-order valence-electron chi connectivity index (χ0n) is 22.2. The molecule has 3 aromatic carbocycles. The monoisotopic (exact) mass is 501 g/mol. The first-order chi connectivity index (χ1) is 17.1. The highest BCUT2D eigenvalue weighted by atomic mass is 28.4. The van der Waals surface area contributed by atoms with Crippen LogP contribution in [0.1, 0.15) is 56.1 Å². The molecule has 188 valence electrons. The fourth-order valence-electron chi connectivity index (χ4n) is 4.66. The van der Waals surface area contributed by atoms with E-state index < -0.39 is 8.32 Å². The first kappa shape index (κ1) is 27.0. The van der Waals surface area contributed by atoms with Gasteiger partial charge in [-0.3, -0.25) is 4.79 Å². The molecule has 0 atom stereocenters. The zero-order chi connectivity index (χ0) is 26.5. The molecule has 0 aliphatic heterocycles. The average Bonchev–Trinajstić information content (AvgIpc) is 2.87. The van der Waals surface area contributed by atoms with Crippen molar-refractivity contribution in [2.24, 2.45) is 0 Å². The lowest BCUT2D eigenvalue weighted by molar-refractivity contribution is 0.101. The van der Waals surface area contributed by atoms with E-state index in [0.29, 0.717) is 28.1 Å². The Morgan fingerprint density at radius 2 is 1.44 bits per heavy atom. The van der Waals surface area contributed by atoms with Crippen molar-refractivity contribution in [1.29, 1.82) is 5.26 Å². The summed E-state index contributed by atoms with van der Waals surface area (Å²) in [7, 11) is 0.849. The number of ether oxygens (including phenoxy) is 2. The van der Waals surface area contributed by atoms with Crippen LogP contribution in [0.15, 0.2) is 60.7 Å². The maximum Gasteiger partial charge on any atom is 0.260 e. The molecule has 0 spiro atoms. The van der Waals surface area contributed by atoms with Crippen LogP contribution in [-0.2, 0) is 6.04 Å². The summed E-state index contributed by atoms with van der Waals surface area (Å²) in [4.78, 5) is 11.7. The molecule has 0 radical (unpaired) electrons. The van der Waals surface area contributed by atoms with Crippen molar-refractivity contribution in [3.05, 3.63) is 77.4 Å². The highest BCUT2D eigenvalue weighted by Crippen LogP contribution is 2.39. The van der Waals surface area contributed by atoms with Gasteiger partial charge in [0.05, 0.1) is 25.9 Å². The van der Waals surface area contributed by atoms with Crippen LogP contribution in [0.25, 0.3) is 11.1 Å². The Balaban J connectivity index is 1.94. The molecule has 0 heterocycles. The van der Waals surface area contributed by atoms with Gasteiger partial charge < -0.3 is 13.9 Å². The lowest BCUT2D eigenvalue weighted by Crippen LogP contribution is -2.50. The molecule has 0 N–H and O–H groups in total. The van der Waals surface area contributed by atoms with Crippen molar-refractivity contribution < 1.29 is 18.7 Å². The minimum atomic E-state index is -2.29. The lowest BCUT2D eigenvalue weighted by atomic mass is 9.99. The summed E-state index contributed by atoms with van der Waals surface area (Å²) < 4.78 is 17.7. The van der Waals surface area contributed by atoms with E-state index >= 15 is 0 Å². The fourth-order valence-corrected chi connectivity index (χ4v) is 8.80. The van der Waals surface area contributed by atoms with Crippen LogP contribution in [0, 0.1) is 11.3 Å². The van der Waals surface area contributed by atoms with Crippen molar-refractivity contribution >= 4 is 14.1 Å². The molecule has 36 heavy (non-hydrogen) atoms. The average molecular weight is 502 g/mol. The van der Waals surface area contributed by atoms with Crippen molar-refractivity contribution in [1.82, 2.24) is 0 Å². The number of rotatable bonds is 10. The van der Waals surface area contributed by atoms with Crippen molar-refractivity contribution in [2.45, 2.75) is 51.7 Å². The molecule has 5 nitrogen and oxygen atoms in total. The van der Waals surface area contributed by atoms with Gasteiger partial charge in [0, 0.05) is 23.2 Å². The molecule has 0 amide bonds. The Morgan fingerprint density at radius 3 is 1.92 bits per heavy atom. The maximum absolute atomic E-state index is 11.7. The minimum absolute atomic E-state index is 0.0724. The summed E-state index contributed by atoms with van der Waals surface area (Å²) in [6, 6.07) is 22.5. The SMILES string of the molecule is COc1cc(C#N)c(-c2ccc(O[Si](Cc3ccc(C(C)=O)cc3)(C(C)C)C(C)C)cc2)cc1OC. The second-order valence-electron chi connectivity index (χ2n) is 9.69. The highest BCUT2D eigenvalue weighted by Gasteiger charge is 2.44. The third-order valence-corrected chi connectivity index (χ3v) is 12.4. The van der Waals surface area contributed by atoms with E-state index in [9.17, 15) is 10.1 Å². The van der Waals surface area contributed by atoms with Gasteiger partial charge in [-0.15, -0.1) is 0 Å². The summed E-state index contributed by atoms with van der Waals surface area (Å²) in [5, 5.41) is 9.70. The fraction of sp³-hybridized carbons (Fsp3) is 0.333. The first-order valence-electron chi connectivity index (χ1n) is 12.2. The Labute approximate surface area is 215 Å². The van der Waals surface area contributed by atoms with Gasteiger partial charge in [0.1, 0.15) is 5.75 Å². The summed E-state index contributed by atoms with van der Waals surface area (Å²) in [5.74, 6) is 2.00. The molecular formula is C30H35NO4Si. The van der Waals surface area contributed by atoms with E-state index in [-0.39, 0.29) is 5.78 Å². The smallest absolute Gasteiger partial charge is 0.260 e. The molecule has 0 fully saturated rings. The number of nitrogens with zero attached hydrogens (tertiary/aromatic N) is 1. The van der Waals surface area contributed by atoms with E-state index in [0.717, 1.165) is 28.5 Å². The molecule has 3 aromatic rings. The second-order valence-corrected chi connectivity index (χ2v) is 14.5. The predicted octanol–water partition coefficient (Wildman–Crippen LogP) is 7.37. The van der Waals surface area contributed by atoms with Crippen LogP contribution in [0.4, 0.5) is 0 Å². The first-order valence-corrected chi connectivity index (χ1v) is 14.5. The molecule has 6 heteroatoms. The van der Waals surface area contributed by atoms with Gasteiger partial charge in [0.15, 0.2) is 17.3 Å². The summed E-state index contributed by atoms with van der Waals surface area (Å²) in [6.07, 6.45) is 0. The van der Waals surface area contributed by atoms with Crippen molar-refractivity contribution in [3.63, 3.8) is 0 Å². The summed E-state index contributed by atoms with van der Waals surface area (Å²) >= 11 is 0.